The van der Waals surface area contributed by atoms with Gasteiger partial charge in [0.15, 0.2) is 0 Å². The molecular formula is C8H15N3O5. The van der Waals surface area contributed by atoms with Crippen molar-refractivity contribution in [3.63, 3.8) is 0 Å². The number of hydrogen-bond donors (Lipinski definition) is 1. The van der Waals surface area contributed by atoms with Gasteiger partial charge in [-0.05, 0) is 0 Å². The highest BCUT2D eigenvalue weighted by atomic mass is 16.8. The van der Waals surface area contributed by atoms with Crippen molar-refractivity contribution in [2.75, 3.05) is 19.7 Å². The molecule has 0 saturated carbocycles. The molecule has 1 rings (SSSR count). The fourth-order valence-electron chi connectivity index (χ4n) is 1.21. The molecule has 1 heterocycles. The maximum absolute atomic E-state index is 11.2. The molecule has 0 amide bonds. The SMILES string of the molecule is CC(=O)OC(C)O/N=[N+](\[O-])N1CC(CO)C1. The fourth-order valence-corrected chi connectivity index (χ4v) is 1.21. The number of hydrazine groups is 1. The summed E-state index contributed by atoms with van der Waals surface area (Å²) < 4.78 is 4.60. The second-order valence-electron chi connectivity index (χ2n) is 3.54. The van der Waals surface area contributed by atoms with Crippen molar-refractivity contribution in [1.29, 1.82) is 0 Å². The van der Waals surface area contributed by atoms with Gasteiger partial charge >= 0.3 is 5.97 Å². The van der Waals surface area contributed by atoms with Crippen LogP contribution in [0.4, 0.5) is 0 Å². The first-order valence-electron chi connectivity index (χ1n) is 4.90. The summed E-state index contributed by atoms with van der Waals surface area (Å²) in [7, 11) is 0. The zero-order valence-corrected chi connectivity index (χ0v) is 9.20. The lowest BCUT2D eigenvalue weighted by molar-refractivity contribution is -0.728. The third-order valence-corrected chi connectivity index (χ3v) is 2.04. The van der Waals surface area contributed by atoms with Gasteiger partial charge in [0.05, 0.1) is 18.1 Å². The summed E-state index contributed by atoms with van der Waals surface area (Å²) >= 11 is 0. The molecule has 0 bridgehead atoms. The largest absolute Gasteiger partial charge is 0.569 e. The minimum Gasteiger partial charge on any atom is -0.569 e. The highest BCUT2D eigenvalue weighted by Gasteiger charge is 2.32. The summed E-state index contributed by atoms with van der Waals surface area (Å²) in [4.78, 5) is 15.4. The Morgan fingerprint density at radius 3 is 2.88 bits per heavy atom. The van der Waals surface area contributed by atoms with Crippen molar-refractivity contribution in [3.05, 3.63) is 5.21 Å². The van der Waals surface area contributed by atoms with Gasteiger partial charge in [0.1, 0.15) is 0 Å². The van der Waals surface area contributed by atoms with Crippen molar-refractivity contribution >= 4 is 5.97 Å². The van der Waals surface area contributed by atoms with Gasteiger partial charge in [-0.25, -0.2) is 0 Å². The lowest BCUT2D eigenvalue weighted by Gasteiger charge is -2.32. The number of hydrogen-bond acceptors (Lipinski definition) is 6. The topological polar surface area (TPSA) is 97.4 Å². The number of aliphatic hydroxyl groups excluding tert-OH is 1. The maximum Gasteiger partial charge on any atom is 0.305 e. The highest BCUT2D eigenvalue weighted by molar-refractivity contribution is 5.65. The number of ether oxygens (including phenoxy) is 1. The third-order valence-electron chi connectivity index (χ3n) is 2.04. The second-order valence-corrected chi connectivity index (χ2v) is 3.54. The lowest BCUT2D eigenvalue weighted by Crippen LogP contribution is -2.51. The lowest BCUT2D eigenvalue weighted by atomic mass is 10.0. The summed E-state index contributed by atoms with van der Waals surface area (Å²) in [5, 5.41) is 24.5. The first-order chi connectivity index (χ1) is 7.52. The minimum absolute atomic E-state index is 0.0506. The normalized spacial score (nSPS) is 18.9. The summed E-state index contributed by atoms with van der Waals surface area (Å²) in [5.74, 6) is -0.401. The van der Waals surface area contributed by atoms with Crippen LogP contribution in [0, 0.1) is 11.1 Å². The average molecular weight is 233 g/mol. The molecule has 0 aliphatic carbocycles. The van der Waals surface area contributed by atoms with E-state index in [1.165, 1.54) is 18.9 Å². The van der Waals surface area contributed by atoms with Crippen LogP contribution >= 0.6 is 0 Å². The van der Waals surface area contributed by atoms with Crippen LogP contribution in [0.15, 0.2) is 5.28 Å². The molecule has 8 nitrogen and oxygen atoms in total. The van der Waals surface area contributed by atoms with Crippen molar-refractivity contribution in [2.45, 2.75) is 20.1 Å². The first kappa shape index (κ1) is 12.5. The molecular weight excluding hydrogens is 218 g/mol. The molecule has 0 aromatic carbocycles. The van der Waals surface area contributed by atoms with Crippen LogP contribution in [0.2, 0.25) is 0 Å². The van der Waals surface area contributed by atoms with Gasteiger partial charge in [-0.1, -0.05) is 0 Å². The summed E-state index contributed by atoms with van der Waals surface area (Å²) in [6.07, 6.45) is -0.899. The van der Waals surface area contributed by atoms with Crippen molar-refractivity contribution in [1.82, 2.24) is 5.01 Å². The third kappa shape index (κ3) is 3.54. The Morgan fingerprint density at radius 1 is 1.75 bits per heavy atom. The molecule has 1 unspecified atom stereocenters. The Balaban J connectivity index is 2.26. The van der Waals surface area contributed by atoms with Crippen LogP contribution in [-0.2, 0) is 14.4 Å². The molecule has 92 valence electrons. The van der Waals surface area contributed by atoms with Gasteiger partial charge in [-0.3, -0.25) is 9.63 Å². The predicted molar refractivity (Wildman–Crippen MR) is 50.5 cm³/mol. The minimum atomic E-state index is -0.899. The van der Waals surface area contributed by atoms with E-state index in [0.29, 0.717) is 13.1 Å². The Kier molecular flexibility index (Phi) is 4.29. The first-order valence-corrected chi connectivity index (χ1v) is 4.90. The molecule has 0 radical (unpaired) electrons. The highest BCUT2D eigenvalue weighted by Crippen LogP contribution is 2.14. The van der Waals surface area contributed by atoms with Crippen molar-refractivity contribution in [2.24, 2.45) is 11.2 Å². The number of aliphatic hydroxyl groups is 1. The zero-order chi connectivity index (χ0) is 12.1. The van der Waals surface area contributed by atoms with Gasteiger partial charge in [0, 0.05) is 26.4 Å². The van der Waals surface area contributed by atoms with Crippen molar-refractivity contribution in [3.8, 4) is 0 Å². The van der Waals surface area contributed by atoms with Crippen LogP contribution in [0.5, 0.6) is 0 Å². The standard InChI is InChI=1S/C8H15N3O5/c1-6(13)15-7(2)16-9-11(14)10-3-8(4-10)5-12/h7-8,12H,3-5H2,1-2H3/b11-9-. The fraction of sp³-hybridized carbons (Fsp3) is 0.875. The van der Waals surface area contributed by atoms with Crippen LogP contribution in [0.25, 0.3) is 0 Å². The van der Waals surface area contributed by atoms with Crippen LogP contribution in [0.3, 0.4) is 0 Å². The van der Waals surface area contributed by atoms with E-state index < -0.39 is 12.3 Å². The van der Waals surface area contributed by atoms with E-state index >= 15 is 0 Å². The summed E-state index contributed by atoms with van der Waals surface area (Å²) in [6.45, 7) is 3.61. The second kappa shape index (κ2) is 5.50. The Bertz CT molecular complexity index is 277. The molecule has 16 heavy (non-hydrogen) atoms. The molecule has 8 heteroatoms. The molecule has 0 aromatic heterocycles. The molecule has 1 aliphatic heterocycles. The number of rotatable bonds is 5. The van der Waals surface area contributed by atoms with Gasteiger partial charge in [0.2, 0.25) is 5.28 Å². The van der Waals surface area contributed by atoms with E-state index in [1.54, 1.807) is 0 Å². The van der Waals surface area contributed by atoms with E-state index in [0.717, 1.165) is 0 Å². The van der Waals surface area contributed by atoms with Crippen LogP contribution in [-0.4, -0.2) is 47.0 Å². The van der Waals surface area contributed by atoms with Gasteiger partial charge < -0.3 is 15.1 Å². The molecule has 0 aromatic rings. The Hall–Kier alpha value is -1.57. The Morgan fingerprint density at radius 2 is 2.38 bits per heavy atom. The molecule has 1 N–H and O–H groups in total. The van der Waals surface area contributed by atoms with Crippen molar-refractivity contribution < 1.29 is 24.4 Å². The van der Waals surface area contributed by atoms with Gasteiger partial charge in [-0.15, -0.1) is 5.01 Å². The Labute approximate surface area is 92.6 Å². The average Bonchev–Trinajstić information content (AvgIpc) is 2.12. The smallest absolute Gasteiger partial charge is 0.305 e. The van der Waals surface area contributed by atoms with Gasteiger partial charge in [0.25, 0.3) is 6.29 Å². The summed E-state index contributed by atoms with van der Waals surface area (Å²) in [6, 6.07) is 0. The van der Waals surface area contributed by atoms with E-state index in [4.69, 9.17) is 5.11 Å². The molecule has 0 spiro atoms. The zero-order valence-electron chi connectivity index (χ0n) is 9.20. The molecule has 1 atom stereocenters. The molecule has 1 aliphatic rings. The molecule has 1 saturated heterocycles. The number of carbonyl (C=O) groups is 1. The quantitative estimate of drug-likeness (QED) is 0.229. The predicted octanol–water partition coefficient (Wildman–Crippen LogP) is -0.371. The van der Waals surface area contributed by atoms with E-state index in [2.05, 4.69) is 14.9 Å². The maximum atomic E-state index is 11.2. The van der Waals surface area contributed by atoms with Gasteiger partial charge in [-0.2, -0.15) is 0 Å². The monoisotopic (exact) mass is 233 g/mol. The van der Waals surface area contributed by atoms with Crippen LogP contribution in [0.1, 0.15) is 13.8 Å². The number of carbonyl (C=O) groups excluding carboxylic acids is 1. The molecule has 1 fully saturated rings. The van der Waals surface area contributed by atoms with Crippen LogP contribution < -0.4 is 0 Å². The summed E-state index contributed by atoms with van der Waals surface area (Å²) in [5.41, 5.74) is 0. The van der Waals surface area contributed by atoms with E-state index in [9.17, 15) is 10.0 Å². The number of esters is 1. The van der Waals surface area contributed by atoms with E-state index in [1.807, 2.05) is 0 Å². The van der Waals surface area contributed by atoms with E-state index in [-0.39, 0.29) is 17.5 Å². The number of nitrogens with zero attached hydrogens (tertiary/aromatic N) is 3.